The first-order valence-corrected chi connectivity index (χ1v) is 14.4. The van der Waals surface area contributed by atoms with Gasteiger partial charge in [-0.1, -0.05) is 18.2 Å². The van der Waals surface area contributed by atoms with Crippen molar-refractivity contribution < 1.29 is 9.90 Å². The van der Waals surface area contributed by atoms with E-state index in [2.05, 4.69) is 68.3 Å². The number of hydrogen-bond donors (Lipinski definition) is 3. The number of amides is 1. The van der Waals surface area contributed by atoms with Gasteiger partial charge >= 0.3 is 0 Å². The topological polar surface area (TPSA) is 88.9 Å². The van der Waals surface area contributed by atoms with Crippen LogP contribution in [0.4, 0.5) is 11.6 Å². The second-order valence-electron chi connectivity index (χ2n) is 11.5. The normalized spacial score (nSPS) is 19.5. The number of hydrogen-bond acceptors (Lipinski definition) is 7. The van der Waals surface area contributed by atoms with Gasteiger partial charge in [-0.2, -0.15) is 0 Å². The summed E-state index contributed by atoms with van der Waals surface area (Å²) in [5, 5.41) is 18.7. The minimum absolute atomic E-state index is 0.168. The van der Waals surface area contributed by atoms with Crippen LogP contribution in [0, 0.1) is 0 Å². The highest BCUT2D eigenvalue weighted by Crippen LogP contribution is 2.30. The van der Waals surface area contributed by atoms with Crippen molar-refractivity contribution in [3.63, 3.8) is 0 Å². The van der Waals surface area contributed by atoms with Crippen LogP contribution in [0.3, 0.4) is 0 Å². The number of carbonyl (C=O) groups is 1. The molecule has 9 heteroatoms. The van der Waals surface area contributed by atoms with Crippen LogP contribution in [-0.4, -0.2) is 95.4 Å². The number of aliphatic hydroxyl groups excluding tert-OH is 1. The number of nitrogens with one attached hydrogen (secondary N) is 2. The molecule has 1 atom stereocenters. The highest BCUT2D eigenvalue weighted by Gasteiger charge is 2.25. The predicted octanol–water partition coefficient (Wildman–Crippen LogP) is 2.44. The maximum absolute atomic E-state index is 13.2. The summed E-state index contributed by atoms with van der Waals surface area (Å²) in [4.78, 5) is 25.0. The molecule has 4 heterocycles. The minimum Gasteiger partial charge on any atom is -0.390 e. The third kappa shape index (κ3) is 5.62. The SMILES string of the molecule is CN1CCN(c2cc(C(=O)NCC(O)CN3CCc4c(n(C)c5ccccc45)C3)cc(NC3CCC3)n2)CC1. The van der Waals surface area contributed by atoms with E-state index in [1.54, 1.807) is 0 Å². The zero-order valence-electron chi connectivity index (χ0n) is 23.2. The highest BCUT2D eigenvalue weighted by atomic mass is 16.3. The average Bonchev–Trinajstić information content (AvgIpc) is 3.21. The van der Waals surface area contributed by atoms with E-state index in [0.717, 1.165) is 70.2 Å². The number of piperazine rings is 1. The molecule has 1 unspecified atom stereocenters. The second-order valence-corrected chi connectivity index (χ2v) is 11.5. The molecule has 3 N–H and O–H groups in total. The number of nitrogens with zero attached hydrogens (tertiary/aromatic N) is 5. The molecule has 3 aromatic rings. The largest absolute Gasteiger partial charge is 0.390 e. The number of aryl methyl sites for hydroxylation is 1. The summed E-state index contributed by atoms with van der Waals surface area (Å²) in [6, 6.07) is 12.7. The zero-order chi connectivity index (χ0) is 26.9. The fourth-order valence-corrected chi connectivity index (χ4v) is 6.08. The van der Waals surface area contributed by atoms with E-state index in [1.165, 1.54) is 28.6 Å². The molecule has 1 aliphatic carbocycles. The molecule has 2 fully saturated rings. The number of benzene rings is 1. The van der Waals surface area contributed by atoms with Crippen molar-refractivity contribution in [2.75, 3.05) is 63.1 Å². The molecule has 39 heavy (non-hydrogen) atoms. The number of fused-ring (bicyclic) bond motifs is 3. The number of aromatic nitrogens is 2. The summed E-state index contributed by atoms with van der Waals surface area (Å²) >= 11 is 0. The van der Waals surface area contributed by atoms with Gasteiger partial charge in [-0.3, -0.25) is 9.69 Å². The third-order valence-corrected chi connectivity index (χ3v) is 8.72. The highest BCUT2D eigenvalue weighted by molar-refractivity contribution is 5.95. The number of rotatable bonds is 8. The maximum Gasteiger partial charge on any atom is 0.251 e. The molecule has 2 aliphatic heterocycles. The van der Waals surface area contributed by atoms with Crippen molar-refractivity contribution in [1.82, 2.24) is 24.7 Å². The van der Waals surface area contributed by atoms with Crippen molar-refractivity contribution in [3.05, 3.63) is 53.2 Å². The molecule has 3 aliphatic rings. The number of pyridine rings is 1. The molecule has 0 radical (unpaired) electrons. The standard InChI is InChI=1S/C30H41N7O2/c1-34-12-14-37(15-13-34)29-17-21(16-28(33-29)32-22-6-5-7-22)30(39)31-18-23(38)19-36-11-10-25-24-8-3-4-9-26(24)35(2)27(25)20-36/h3-4,8-9,16-17,22-23,38H,5-7,10-15,18-20H2,1-2H3,(H,31,39)(H,32,33). The lowest BCUT2D eigenvalue weighted by Crippen LogP contribution is -2.45. The monoisotopic (exact) mass is 531 g/mol. The Hall–Kier alpha value is -3.14. The Balaban J connectivity index is 1.08. The molecule has 1 aromatic carbocycles. The fourth-order valence-electron chi connectivity index (χ4n) is 6.08. The lowest BCUT2D eigenvalue weighted by atomic mass is 9.93. The van der Waals surface area contributed by atoms with Gasteiger partial charge in [0.2, 0.25) is 0 Å². The first-order valence-electron chi connectivity index (χ1n) is 14.4. The van der Waals surface area contributed by atoms with Gasteiger partial charge in [0.15, 0.2) is 0 Å². The number of likely N-dealkylation sites (N-methyl/N-ethyl adjacent to an activating group) is 1. The number of para-hydroxylation sites is 1. The van der Waals surface area contributed by atoms with Gasteiger partial charge in [0.05, 0.1) is 6.10 Å². The van der Waals surface area contributed by atoms with Gasteiger partial charge in [0.25, 0.3) is 5.91 Å². The average molecular weight is 532 g/mol. The van der Waals surface area contributed by atoms with Crippen LogP contribution >= 0.6 is 0 Å². The van der Waals surface area contributed by atoms with E-state index in [-0.39, 0.29) is 12.5 Å². The van der Waals surface area contributed by atoms with E-state index < -0.39 is 6.10 Å². The lowest BCUT2D eigenvalue weighted by Gasteiger charge is -2.34. The Morgan fingerprint density at radius 3 is 2.67 bits per heavy atom. The van der Waals surface area contributed by atoms with Crippen LogP contribution in [0.25, 0.3) is 10.9 Å². The van der Waals surface area contributed by atoms with Gasteiger partial charge in [-0.15, -0.1) is 0 Å². The van der Waals surface area contributed by atoms with Crippen molar-refractivity contribution >= 4 is 28.4 Å². The van der Waals surface area contributed by atoms with Crippen molar-refractivity contribution in [2.45, 2.75) is 44.4 Å². The maximum atomic E-state index is 13.2. The second kappa shape index (κ2) is 11.2. The van der Waals surface area contributed by atoms with Crippen molar-refractivity contribution in [1.29, 1.82) is 0 Å². The summed E-state index contributed by atoms with van der Waals surface area (Å²) in [5.74, 6) is 1.44. The molecule has 2 aromatic heterocycles. The Morgan fingerprint density at radius 2 is 1.90 bits per heavy atom. The Labute approximate surface area is 230 Å². The van der Waals surface area contributed by atoms with Crippen LogP contribution in [0.15, 0.2) is 36.4 Å². The fraction of sp³-hybridized carbons (Fsp3) is 0.533. The summed E-state index contributed by atoms with van der Waals surface area (Å²) < 4.78 is 2.28. The van der Waals surface area contributed by atoms with Crippen LogP contribution in [0.5, 0.6) is 0 Å². The first-order chi connectivity index (χ1) is 18.9. The van der Waals surface area contributed by atoms with Crippen molar-refractivity contribution in [3.8, 4) is 0 Å². The molecule has 1 saturated carbocycles. The van der Waals surface area contributed by atoms with Gasteiger partial charge in [0, 0.05) is 87.6 Å². The number of anilines is 2. The van der Waals surface area contributed by atoms with Gasteiger partial charge in [0.1, 0.15) is 11.6 Å². The van der Waals surface area contributed by atoms with E-state index in [1.807, 2.05) is 12.1 Å². The van der Waals surface area contributed by atoms with Gasteiger partial charge in [-0.05, 0) is 56.5 Å². The summed E-state index contributed by atoms with van der Waals surface area (Å²) in [5.41, 5.74) is 4.59. The molecule has 0 spiro atoms. The van der Waals surface area contributed by atoms with E-state index in [4.69, 9.17) is 4.98 Å². The molecule has 1 amide bonds. The van der Waals surface area contributed by atoms with E-state index in [0.29, 0.717) is 18.2 Å². The number of β-amino-alcohol motifs (C(OH)–C–C–N with tert-alkyl or cyclic N) is 1. The van der Waals surface area contributed by atoms with Crippen LogP contribution < -0.4 is 15.5 Å². The Bertz CT molecular complexity index is 1330. The quantitative estimate of drug-likeness (QED) is 0.412. The van der Waals surface area contributed by atoms with Crippen molar-refractivity contribution in [2.24, 2.45) is 7.05 Å². The predicted molar refractivity (Wildman–Crippen MR) is 155 cm³/mol. The lowest BCUT2D eigenvalue weighted by molar-refractivity contribution is 0.0838. The Kier molecular flexibility index (Phi) is 7.47. The molecule has 208 valence electrons. The summed E-state index contributed by atoms with van der Waals surface area (Å²) in [6.07, 6.45) is 3.85. The molecule has 6 rings (SSSR count). The molecule has 9 nitrogen and oxygen atoms in total. The minimum atomic E-state index is -0.642. The molecule has 0 bridgehead atoms. The van der Waals surface area contributed by atoms with Crippen LogP contribution in [0.1, 0.15) is 40.9 Å². The number of carbonyl (C=O) groups excluding carboxylic acids is 1. The van der Waals surface area contributed by atoms with Gasteiger partial charge < -0.3 is 30.1 Å². The third-order valence-electron chi connectivity index (χ3n) is 8.72. The zero-order valence-corrected chi connectivity index (χ0v) is 23.2. The molecular formula is C30H41N7O2. The molecular weight excluding hydrogens is 490 g/mol. The molecule has 1 saturated heterocycles. The Morgan fingerprint density at radius 1 is 1.10 bits per heavy atom. The summed E-state index contributed by atoms with van der Waals surface area (Å²) in [6.45, 7) is 6.20. The van der Waals surface area contributed by atoms with E-state index in [9.17, 15) is 9.90 Å². The smallest absolute Gasteiger partial charge is 0.251 e. The van der Waals surface area contributed by atoms with Crippen LogP contribution in [-0.2, 0) is 20.0 Å². The number of aliphatic hydroxyl groups is 1. The van der Waals surface area contributed by atoms with Gasteiger partial charge in [-0.25, -0.2) is 4.98 Å². The summed E-state index contributed by atoms with van der Waals surface area (Å²) in [7, 11) is 4.26. The van der Waals surface area contributed by atoms with E-state index >= 15 is 0 Å². The van der Waals surface area contributed by atoms with Crippen LogP contribution in [0.2, 0.25) is 0 Å². The first kappa shape index (κ1) is 26.1.